The predicted molar refractivity (Wildman–Crippen MR) is 99.3 cm³/mol. The number of aromatic hydroxyl groups is 1. The highest BCUT2D eigenvalue weighted by Gasteiger charge is 2.14. The minimum atomic E-state index is 0.167. The summed E-state index contributed by atoms with van der Waals surface area (Å²) in [5.74, 6) is 3.37. The van der Waals surface area contributed by atoms with Gasteiger partial charge in [0.15, 0.2) is 11.5 Å². The minimum absolute atomic E-state index is 0.167. The molecular weight excluding hydrogens is 336 g/mol. The third-order valence-corrected chi connectivity index (χ3v) is 4.27. The molecular formula is C20H26O6. The fourth-order valence-electron chi connectivity index (χ4n) is 2.90. The summed E-state index contributed by atoms with van der Waals surface area (Å²) in [6, 6.07) is 7.10. The summed E-state index contributed by atoms with van der Waals surface area (Å²) in [4.78, 5) is 0. The van der Waals surface area contributed by atoms with Gasteiger partial charge in [-0.25, -0.2) is 0 Å². The molecule has 2 aromatic carbocycles. The number of hydrogen-bond donors (Lipinski definition) is 1. The summed E-state index contributed by atoms with van der Waals surface area (Å²) in [6.07, 6.45) is 2.19. The van der Waals surface area contributed by atoms with Gasteiger partial charge in [0.05, 0.1) is 35.5 Å². The Balaban J connectivity index is 2.17. The van der Waals surface area contributed by atoms with E-state index in [2.05, 4.69) is 0 Å². The van der Waals surface area contributed by atoms with Crippen LogP contribution in [0.3, 0.4) is 0 Å². The van der Waals surface area contributed by atoms with Crippen molar-refractivity contribution >= 4 is 0 Å². The number of phenolic OH excluding ortho intramolecular Hbond substituents is 1. The number of ether oxygens (including phenoxy) is 5. The first-order valence-corrected chi connectivity index (χ1v) is 8.30. The van der Waals surface area contributed by atoms with Crippen molar-refractivity contribution in [3.63, 3.8) is 0 Å². The monoisotopic (exact) mass is 362 g/mol. The van der Waals surface area contributed by atoms with Gasteiger partial charge >= 0.3 is 0 Å². The van der Waals surface area contributed by atoms with Crippen LogP contribution in [0.5, 0.6) is 34.5 Å². The molecule has 0 atom stereocenters. The summed E-state index contributed by atoms with van der Waals surface area (Å²) in [7, 11) is 7.96. The lowest BCUT2D eigenvalue weighted by atomic mass is 10.0. The van der Waals surface area contributed by atoms with Crippen molar-refractivity contribution in [2.45, 2.75) is 19.3 Å². The summed E-state index contributed by atoms with van der Waals surface area (Å²) in [5.41, 5.74) is 1.77. The highest BCUT2D eigenvalue weighted by molar-refractivity contribution is 5.52. The molecule has 0 fully saturated rings. The second kappa shape index (κ2) is 9.08. The van der Waals surface area contributed by atoms with E-state index < -0.39 is 0 Å². The molecule has 0 aliphatic rings. The Morgan fingerprint density at radius 1 is 0.654 bits per heavy atom. The Hall–Kier alpha value is -2.76. The molecule has 0 radical (unpaired) electrons. The van der Waals surface area contributed by atoms with Crippen LogP contribution in [0.4, 0.5) is 0 Å². The Morgan fingerprint density at radius 2 is 1.27 bits per heavy atom. The average Bonchev–Trinajstić information content (AvgIpc) is 2.67. The molecule has 0 aromatic heterocycles. The second-order valence-electron chi connectivity index (χ2n) is 5.70. The van der Waals surface area contributed by atoms with E-state index in [1.165, 1.54) is 0 Å². The maximum Gasteiger partial charge on any atom is 0.164 e. The smallest absolute Gasteiger partial charge is 0.164 e. The van der Waals surface area contributed by atoms with Crippen LogP contribution in [-0.4, -0.2) is 40.7 Å². The Kier molecular flexibility index (Phi) is 6.83. The molecule has 0 heterocycles. The molecule has 0 aliphatic carbocycles. The highest BCUT2D eigenvalue weighted by Crippen LogP contribution is 2.37. The van der Waals surface area contributed by atoms with Crippen LogP contribution >= 0.6 is 0 Å². The number of rotatable bonds is 9. The average molecular weight is 362 g/mol. The molecule has 0 saturated heterocycles. The fraction of sp³-hybridized carbons (Fsp3) is 0.400. The first-order valence-electron chi connectivity index (χ1n) is 8.30. The molecule has 0 bridgehead atoms. The van der Waals surface area contributed by atoms with Crippen LogP contribution in [0.1, 0.15) is 17.5 Å². The van der Waals surface area contributed by atoms with E-state index in [9.17, 15) is 5.11 Å². The maximum atomic E-state index is 10.3. The van der Waals surface area contributed by atoms with Gasteiger partial charge in [0.2, 0.25) is 0 Å². The van der Waals surface area contributed by atoms with Crippen LogP contribution in [0.15, 0.2) is 24.3 Å². The van der Waals surface area contributed by atoms with Crippen LogP contribution < -0.4 is 23.7 Å². The molecule has 6 heteroatoms. The lowest BCUT2D eigenvalue weighted by Crippen LogP contribution is -1.99. The third kappa shape index (κ3) is 4.25. The Morgan fingerprint density at radius 3 is 1.85 bits per heavy atom. The molecule has 26 heavy (non-hydrogen) atoms. The lowest BCUT2D eigenvalue weighted by molar-refractivity contribution is 0.347. The van der Waals surface area contributed by atoms with Gasteiger partial charge < -0.3 is 28.8 Å². The van der Waals surface area contributed by atoms with Crippen molar-refractivity contribution in [1.29, 1.82) is 0 Å². The van der Waals surface area contributed by atoms with E-state index in [1.807, 2.05) is 12.1 Å². The minimum Gasteiger partial charge on any atom is -0.507 e. The second-order valence-corrected chi connectivity index (χ2v) is 5.70. The van der Waals surface area contributed by atoms with Crippen molar-refractivity contribution in [2.75, 3.05) is 35.5 Å². The lowest BCUT2D eigenvalue weighted by Gasteiger charge is -2.15. The molecule has 0 spiro atoms. The summed E-state index contributed by atoms with van der Waals surface area (Å²) >= 11 is 0. The van der Waals surface area contributed by atoms with E-state index >= 15 is 0 Å². The highest BCUT2D eigenvalue weighted by atomic mass is 16.5. The zero-order valence-corrected chi connectivity index (χ0v) is 15.9. The number of benzene rings is 2. The Labute approximate surface area is 154 Å². The van der Waals surface area contributed by atoms with Gasteiger partial charge in [0.1, 0.15) is 23.0 Å². The molecule has 0 unspecified atom stereocenters. The predicted octanol–water partition coefficient (Wildman–Crippen LogP) is 3.61. The first-order chi connectivity index (χ1) is 12.6. The number of phenols is 1. The van der Waals surface area contributed by atoms with Gasteiger partial charge in [0.25, 0.3) is 0 Å². The van der Waals surface area contributed by atoms with E-state index in [-0.39, 0.29) is 5.75 Å². The fourth-order valence-corrected chi connectivity index (χ4v) is 2.90. The quantitative estimate of drug-likeness (QED) is 0.735. The Bertz CT molecular complexity index is 742. The van der Waals surface area contributed by atoms with Gasteiger partial charge in [-0.1, -0.05) is 0 Å². The van der Waals surface area contributed by atoms with Gasteiger partial charge in [-0.05, 0) is 30.9 Å². The normalized spacial score (nSPS) is 10.3. The largest absolute Gasteiger partial charge is 0.507 e. The molecule has 6 nitrogen and oxygen atoms in total. The van der Waals surface area contributed by atoms with E-state index in [4.69, 9.17) is 23.7 Å². The van der Waals surface area contributed by atoms with E-state index in [0.29, 0.717) is 29.4 Å². The van der Waals surface area contributed by atoms with E-state index in [0.717, 1.165) is 29.7 Å². The van der Waals surface area contributed by atoms with Gasteiger partial charge in [0, 0.05) is 23.8 Å². The van der Waals surface area contributed by atoms with Crippen molar-refractivity contribution < 1.29 is 28.8 Å². The molecule has 0 aliphatic heterocycles. The summed E-state index contributed by atoms with van der Waals surface area (Å²) < 4.78 is 26.7. The standard InChI is InChI=1S/C20H26O6/c1-22-14-10-16(21)15(18(11-14)24-3)8-6-7-13-9-19(25-4)20(26-5)12-17(13)23-2/h9-12,21H,6-8H2,1-5H3. The third-order valence-electron chi connectivity index (χ3n) is 4.27. The van der Waals surface area contributed by atoms with Crippen LogP contribution in [0.2, 0.25) is 0 Å². The van der Waals surface area contributed by atoms with Gasteiger partial charge in [-0.3, -0.25) is 0 Å². The van der Waals surface area contributed by atoms with Crippen LogP contribution in [0.25, 0.3) is 0 Å². The topological polar surface area (TPSA) is 66.4 Å². The number of hydrogen-bond acceptors (Lipinski definition) is 6. The molecule has 2 rings (SSSR count). The zero-order valence-electron chi connectivity index (χ0n) is 15.9. The molecule has 2 aromatic rings. The van der Waals surface area contributed by atoms with Crippen molar-refractivity contribution in [3.05, 3.63) is 35.4 Å². The number of aryl methyl sites for hydroxylation is 1. The molecule has 0 amide bonds. The summed E-state index contributed by atoms with van der Waals surface area (Å²) in [5, 5.41) is 10.3. The number of methoxy groups -OCH3 is 5. The van der Waals surface area contributed by atoms with Crippen LogP contribution in [0, 0.1) is 0 Å². The summed E-state index contributed by atoms with van der Waals surface area (Å²) in [6.45, 7) is 0. The van der Waals surface area contributed by atoms with Crippen molar-refractivity contribution in [3.8, 4) is 34.5 Å². The maximum absolute atomic E-state index is 10.3. The molecule has 0 saturated carbocycles. The van der Waals surface area contributed by atoms with Crippen molar-refractivity contribution in [1.82, 2.24) is 0 Å². The van der Waals surface area contributed by atoms with E-state index in [1.54, 1.807) is 47.7 Å². The molecule has 1 N–H and O–H groups in total. The SMILES string of the molecule is COc1cc(O)c(CCCc2cc(OC)c(OC)cc2OC)c(OC)c1. The zero-order chi connectivity index (χ0) is 19.1. The molecule has 142 valence electrons. The van der Waals surface area contributed by atoms with Gasteiger partial charge in [-0.15, -0.1) is 0 Å². The first kappa shape index (κ1) is 19.6. The van der Waals surface area contributed by atoms with Crippen molar-refractivity contribution in [2.24, 2.45) is 0 Å². The van der Waals surface area contributed by atoms with Gasteiger partial charge in [-0.2, -0.15) is 0 Å². The van der Waals surface area contributed by atoms with Crippen LogP contribution in [-0.2, 0) is 12.8 Å².